The molecule has 2 heterocycles. The molecule has 0 bridgehead atoms. The molecule has 1 saturated carbocycles. The number of benzene rings is 2. The number of hydrogen-bond acceptors (Lipinski definition) is 5. The average Bonchev–Trinajstić information content (AvgIpc) is 3.54. The quantitative estimate of drug-likeness (QED) is 0.458. The number of nitrogens with one attached hydrogen (secondary N) is 3. The van der Waals surface area contributed by atoms with E-state index in [1.807, 2.05) is 0 Å². The summed E-state index contributed by atoms with van der Waals surface area (Å²) >= 11 is 0. The number of aromatic nitrogens is 1. The van der Waals surface area contributed by atoms with E-state index in [4.69, 9.17) is 4.74 Å². The molecule has 3 N–H and O–H groups in total. The van der Waals surface area contributed by atoms with Crippen LogP contribution < -0.4 is 20.7 Å². The second-order valence-electron chi connectivity index (χ2n) is 8.56. The Hall–Kier alpha value is -4.34. The van der Waals surface area contributed by atoms with Gasteiger partial charge in [0, 0.05) is 29.2 Å². The van der Waals surface area contributed by atoms with Crippen LogP contribution in [0.25, 0.3) is 0 Å². The zero-order chi connectivity index (χ0) is 24.7. The molecule has 0 saturated heterocycles. The summed E-state index contributed by atoms with van der Waals surface area (Å²) in [5.74, 6) is -1.81. The normalized spacial score (nSPS) is 15.1. The Morgan fingerprint density at radius 3 is 2.37 bits per heavy atom. The summed E-state index contributed by atoms with van der Waals surface area (Å²) in [4.78, 5) is 41.4. The number of hydrogen-bond donors (Lipinski definition) is 3. The van der Waals surface area contributed by atoms with Crippen molar-refractivity contribution in [1.82, 2.24) is 4.98 Å². The largest absolute Gasteiger partial charge is 0.453 e. The fourth-order valence-corrected chi connectivity index (χ4v) is 3.94. The Morgan fingerprint density at radius 2 is 1.71 bits per heavy atom. The molecule has 1 fully saturated rings. The maximum absolute atomic E-state index is 15.0. The minimum Gasteiger partial charge on any atom is -0.453 e. The zero-order valence-corrected chi connectivity index (χ0v) is 18.6. The van der Waals surface area contributed by atoms with Gasteiger partial charge in [-0.05, 0) is 61.7 Å². The summed E-state index contributed by atoms with van der Waals surface area (Å²) in [7, 11) is 0. The Kier molecular flexibility index (Phi) is 5.43. The van der Waals surface area contributed by atoms with Crippen LogP contribution in [0.15, 0.2) is 48.7 Å². The van der Waals surface area contributed by atoms with Gasteiger partial charge in [0.25, 0.3) is 0 Å². The molecular formula is C25H20F2N4O4. The number of nitrogens with zero attached hydrogens (tertiary/aromatic N) is 1. The molecular weight excluding hydrogens is 458 g/mol. The predicted octanol–water partition coefficient (Wildman–Crippen LogP) is 4.31. The number of carbonyl (C=O) groups is 3. The van der Waals surface area contributed by atoms with Crippen LogP contribution >= 0.6 is 0 Å². The fourth-order valence-electron chi connectivity index (χ4n) is 3.94. The molecule has 35 heavy (non-hydrogen) atoms. The third-order valence-corrected chi connectivity index (χ3v) is 6.03. The second kappa shape index (κ2) is 8.46. The summed E-state index contributed by atoms with van der Waals surface area (Å²) in [6.07, 6.45) is 2.21. The van der Waals surface area contributed by atoms with Crippen LogP contribution in [-0.4, -0.2) is 22.7 Å². The summed E-state index contributed by atoms with van der Waals surface area (Å²) < 4.78 is 33.9. The number of fused-ring (bicyclic) bond motifs is 1. The molecule has 2 aliphatic rings. The van der Waals surface area contributed by atoms with Crippen molar-refractivity contribution >= 4 is 34.9 Å². The average molecular weight is 478 g/mol. The molecule has 3 aromatic rings. The number of carbonyl (C=O) groups excluding carboxylic acids is 3. The van der Waals surface area contributed by atoms with E-state index in [2.05, 4.69) is 20.9 Å². The molecule has 1 aliphatic carbocycles. The molecule has 8 nitrogen and oxygen atoms in total. The Bertz CT molecular complexity index is 1350. The fraction of sp³-hybridized carbons (Fsp3) is 0.200. The van der Waals surface area contributed by atoms with Crippen LogP contribution in [0.1, 0.15) is 24.0 Å². The molecule has 1 aromatic heterocycles. The minimum absolute atomic E-state index is 0.0501. The maximum atomic E-state index is 15.0. The van der Waals surface area contributed by atoms with Crippen molar-refractivity contribution < 1.29 is 27.9 Å². The van der Waals surface area contributed by atoms with E-state index in [0.29, 0.717) is 41.2 Å². The number of anilines is 3. The Balaban J connectivity index is 1.31. The van der Waals surface area contributed by atoms with E-state index in [9.17, 15) is 23.2 Å². The van der Waals surface area contributed by atoms with Gasteiger partial charge in [0.05, 0.1) is 6.42 Å². The van der Waals surface area contributed by atoms with Gasteiger partial charge in [-0.15, -0.1) is 0 Å². The van der Waals surface area contributed by atoms with E-state index in [1.165, 1.54) is 36.5 Å². The van der Waals surface area contributed by atoms with E-state index in [-0.39, 0.29) is 23.8 Å². The molecule has 2 aromatic carbocycles. The molecule has 0 radical (unpaired) electrons. The van der Waals surface area contributed by atoms with Crippen molar-refractivity contribution in [2.45, 2.75) is 26.2 Å². The van der Waals surface area contributed by atoms with Gasteiger partial charge in [0.2, 0.25) is 17.7 Å². The van der Waals surface area contributed by atoms with Crippen LogP contribution in [0, 0.1) is 24.0 Å². The van der Waals surface area contributed by atoms with Crippen LogP contribution in [-0.2, 0) is 20.8 Å². The van der Waals surface area contributed by atoms with Crippen molar-refractivity contribution in [2.24, 2.45) is 5.41 Å². The third-order valence-electron chi connectivity index (χ3n) is 6.03. The molecule has 0 spiro atoms. The number of rotatable bonds is 6. The standard InChI is InChI=1S/C25H20F2N4O4/c1-13-10-16(11-18(27)21(13)35-19-6-9-28-22-17(19)12-20(32)31-22)30-24(34)25(7-8-25)23(33)29-15-4-2-14(26)3-5-15/h2-6,9-11H,7-8,12H2,1H3,(H,29,33)(H,30,34)(H,28,31,32). The van der Waals surface area contributed by atoms with Crippen LogP contribution in [0.5, 0.6) is 11.5 Å². The number of pyridine rings is 1. The first-order chi connectivity index (χ1) is 16.7. The summed E-state index contributed by atoms with van der Waals surface area (Å²) in [6, 6.07) is 9.42. The Morgan fingerprint density at radius 1 is 1.03 bits per heavy atom. The van der Waals surface area contributed by atoms with E-state index >= 15 is 0 Å². The second-order valence-corrected chi connectivity index (χ2v) is 8.56. The molecule has 5 rings (SSSR count). The first-order valence-electron chi connectivity index (χ1n) is 10.9. The van der Waals surface area contributed by atoms with Crippen molar-refractivity contribution in [2.75, 3.05) is 16.0 Å². The zero-order valence-electron chi connectivity index (χ0n) is 18.6. The van der Waals surface area contributed by atoms with Crippen molar-refractivity contribution in [3.63, 3.8) is 0 Å². The molecule has 10 heteroatoms. The molecule has 178 valence electrons. The topological polar surface area (TPSA) is 109 Å². The summed E-state index contributed by atoms with van der Waals surface area (Å²) in [5, 5.41) is 7.86. The van der Waals surface area contributed by atoms with E-state index < -0.39 is 28.9 Å². The van der Waals surface area contributed by atoms with Crippen molar-refractivity contribution in [3.05, 3.63) is 71.4 Å². The highest BCUT2D eigenvalue weighted by molar-refractivity contribution is 6.17. The Labute approximate surface area is 198 Å². The minimum atomic E-state index is -1.27. The number of ether oxygens (including phenoxy) is 1. The summed E-state index contributed by atoms with van der Waals surface area (Å²) in [5.41, 5.74) is 0.221. The molecule has 0 unspecified atom stereocenters. The van der Waals surface area contributed by atoms with Gasteiger partial charge >= 0.3 is 0 Å². The molecule has 3 amide bonds. The lowest BCUT2D eigenvalue weighted by molar-refractivity contribution is -0.131. The maximum Gasteiger partial charge on any atom is 0.240 e. The highest BCUT2D eigenvalue weighted by Crippen LogP contribution is 2.48. The van der Waals surface area contributed by atoms with Crippen LogP contribution in [0.4, 0.5) is 26.0 Å². The molecule has 0 atom stereocenters. The smallest absolute Gasteiger partial charge is 0.240 e. The van der Waals surface area contributed by atoms with Gasteiger partial charge in [-0.2, -0.15) is 0 Å². The van der Waals surface area contributed by atoms with E-state index in [0.717, 1.165) is 6.07 Å². The highest BCUT2D eigenvalue weighted by Gasteiger charge is 2.56. The van der Waals surface area contributed by atoms with E-state index in [1.54, 1.807) is 13.0 Å². The van der Waals surface area contributed by atoms with Gasteiger partial charge in [-0.3, -0.25) is 14.4 Å². The van der Waals surface area contributed by atoms with Gasteiger partial charge in [0.15, 0.2) is 11.6 Å². The SMILES string of the molecule is Cc1cc(NC(=O)C2(C(=O)Nc3ccc(F)cc3)CC2)cc(F)c1Oc1ccnc2c1CC(=O)N2. The van der Waals surface area contributed by atoms with Crippen molar-refractivity contribution in [1.29, 1.82) is 0 Å². The monoisotopic (exact) mass is 478 g/mol. The lowest BCUT2D eigenvalue weighted by Gasteiger charge is -2.17. The van der Waals surface area contributed by atoms with Gasteiger partial charge < -0.3 is 20.7 Å². The first-order valence-corrected chi connectivity index (χ1v) is 10.9. The third kappa shape index (κ3) is 4.30. The van der Waals surface area contributed by atoms with Gasteiger partial charge in [-0.25, -0.2) is 13.8 Å². The van der Waals surface area contributed by atoms with Gasteiger partial charge in [0.1, 0.15) is 22.8 Å². The van der Waals surface area contributed by atoms with Crippen LogP contribution in [0.2, 0.25) is 0 Å². The predicted molar refractivity (Wildman–Crippen MR) is 123 cm³/mol. The number of aryl methyl sites for hydroxylation is 1. The number of halogens is 2. The lowest BCUT2D eigenvalue weighted by Crippen LogP contribution is -2.35. The van der Waals surface area contributed by atoms with Crippen LogP contribution in [0.3, 0.4) is 0 Å². The first kappa shape index (κ1) is 22.5. The van der Waals surface area contributed by atoms with Crippen molar-refractivity contribution in [3.8, 4) is 11.5 Å². The highest BCUT2D eigenvalue weighted by atomic mass is 19.1. The molecule has 1 aliphatic heterocycles. The summed E-state index contributed by atoms with van der Waals surface area (Å²) in [6.45, 7) is 1.62. The van der Waals surface area contributed by atoms with Gasteiger partial charge in [-0.1, -0.05) is 0 Å². The lowest BCUT2D eigenvalue weighted by atomic mass is 10.0. The number of amides is 3.